The van der Waals surface area contributed by atoms with Crippen LogP contribution < -0.4 is 10.9 Å². The van der Waals surface area contributed by atoms with Gasteiger partial charge in [-0.2, -0.15) is 0 Å². The van der Waals surface area contributed by atoms with Crippen molar-refractivity contribution < 1.29 is 9.53 Å². The number of hydrogen-bond acceptors (Lipinski definition) is 4. The number of methoxy groups -OCH3 is 1. The zero-order valence-corrected chi connectivity index (χ0v) is 14.2. The molecule has 1 unspecified atom stereocenters. The summed E-state index contributed by atoms with van der Waals surface area (Å²) in [5, 5.41) is 3.13. The highest BCUT2D eigenvalue weighted by atomic mass is 79.9. The first kappa shape index (κ1) is 15.6. The SMILES string of the molecule is COC(=O)C1=C(C)Nc2cc[nH]c(=O)c2C1c1ccccc1Br. The van der Waals surface area contributed by atoms with Crippen molar-refractivity contribution in [1.29, 1.82) is 0 Å². The molecule has 1 aromatic heterocycles. The van der Waals surface area contributed by atoms with Gasteiger partial charge in [0.1, 0.15) is 0 Å². The monoisotopic (exact) mass is 374 g/mol. The van der Waals surface area contributed by atoms with Gasteiger partial charge in [0.15, 0.2) is 0 Å². The fourth-order valence-electron chi connectivity index (χ4n) is 2.92. The fourth-order valence-corrected chi connectivity index (χ4v) is 3.43. The first-order chi connectivity index (χ1) is 11.0. The van der Waals surface area contributed by atoms with E-state index in [0.717, 1.165) is 10.0 Å². The van der Waals surface area contributed by atoms with Crippen LogP contribution in [-0.2, 0) is 9.53 Å². The smallest absolute Gasteiger partial charge is 0.336 e. The zero-order chi connectivity index (χ0) is 16.6. The van der Waals surface area contributed by atoms with Gasteiger partial charge in [-0.1, -0.05) is 34.1 Å². The molecule has 1 aliphatic heterocycles. The average Bonchev–Trinajstić information content (AvgIpc) is 2.54. The maximum absolute atomic E-state index is 12.4. The largest absolute Gasteiger partial charge is 0.466 e. The van der Waals surface area contributed by atoms with Gasteiger partial charge in [-0.05, 0) is 24.6 Å². The van der Waals surface area contributed by atoms with Crippen LogP contribution in [0.5, 0.6) is 0 Å². The molecule has 2 N–H and O–H groups in total. The van der Waals surface area contributed by atoms with Crippen LogP contribution in [0.4, 0.5) is 5.69 Å². The van der Waals surface area contributed by atoms with Crippen molar-refractivity contribution in [3.05, 3.63) is 73.8 Å². The van der Waals surface area contributed by atoms with Crippen molar-refractivity contribution in [1.82, 2.24) is 4.98 Å². The number of rotatable bonds is 2. The zero-order valence-electron chi connectivity index (χ0n) is 12.6. The first-order valence-corrected chi connectivity index (χ1v) is 7.86. The second-order valence-corrected chi connectivity index (χ2v) is 6.10. The van der Waals surface area contributed by atoms with Crippen LogP contribution >= 0.6 is 15.9 Å². The molecule has 0 bridgehead atoms. The number of fused-ring (bicyclic) bond motifs is 1. The van der Waals surface area contributed by atoms with Crippen LogP contribution in [0.15, 0.2) is 57.1 Å². The number of carbonyl (C=O) groups is 1. The molecule has 2 aromatic rings. The molecule has 118 valence electrons. The van der Waals surface area contributed by atoms with Crippen LogP contribution in [0.3, 0.4) is 0 Å². The number of anilines is 1. The number of nitrogens with one attached hydrogen (secondary N) is 2. The number of ether oxygens (including phenoxy) is 1. The number of halogens is 1. The molecule has 3 rings (SSSR count). The molecule has 6 heteroatoms. The predicted molar refractivity (Wildman–Crippen MR) is 91.4 cm³/mol. The van der Waals surface area contributed by atoms with Crippen LogP contribution in [0.2, 0.25) is 0 Å². The lowest BCUT2D eigenvalue weighted by molar-refractivity contribution is -0.136. The van der Waals surface area contributed by atoms with E-state index in [1.54, 1.807) is 19.2 Å². The molecule has 1 aromatic carbocycles. The number of esters is 1. The summed E-state index contributed by atoms with van der Waals surface area (Å²) >= 11 is 3.52. The quantitative estimate of drug-likeness (QED) is 0.792. The standard InChI is InChI=1S/C17H15BrN2O3/c1-9-13(17(22)23-2)14(10-5-3-4-6-11(10)18)15-12(20-9)7-8-19-16(15)21/h3-8,14,20H,1-2H3,(H,19,21). The molecule has 0 aliphatic carbocycles. The van der Waals surface area contributed by atoms with E-state index in [0.29, 0.717) is 22.5 Å². The van der Waals surface area contributed by atoms with Gasteiger partial charge in [-0.25, -0.2) is 4.79 Å². The maximum atomic E-state index is 12.4. The van der Waals surface area contributed by atoms with Gasteiger partial charge in [-0.3, -0.25) is 4.79 Å². The van der Waals surface area contributed by atoms with E-state index in [1.807, 2.05) is 24.3 Å². The van der Waals surface area contributed by atoms with Crippen LogP contribution in [0, 0.1) is 0 Å². The predicted octanol–water partition coefficient (Wildman–Crippen LogP) is 3.14. The first-order valence-electron chi connectivity index (χ1n) is 7.06. The van der Waals surface area contributed by atoms with Crippen molar-refractivity contribution in [3.8, 4) is 0 Å². The molecule has 0 radical (unpaired) electrons. The van der Waals surface area contributed by atoms with E-state index in [4.69, 9.17) is 4.74 Å². The minimum Gasteiger partial charge on any atom is -0.466 e. The van der Waals surface area contributed by atoms with E-state index in [2.05, 4.69) is 26.2 Å². The summed E-state index contributed by atoms with van der Waals surface area (Å²) in [5.41, 5.74) is 2.92. The van der Waals surface area contributed by atoms with E-state index >= 15 is 0 Å². The number of H-pyrrole nitrogens is 1. The second kappa shape index (κ2) is 6.04. The molecule has 2 heterocycles. The summed E-state index contributed by atoms with van der Waals surface area (Å²) < 4.78 is 5.77. The van der Waals surface area contributed by atoms with E-state index < -0.39 is 11.9 Å². The Morgan fingerprint density at radius 2 is 2.00 bits per heavy atom. The molecule has 23 heavy (non-hydrogen) atoms. The Morgan fingerprint density at radius 1 is 1.26 bits per heavy atom. The number of allylic oxidation sites excluding steroid dienone is 1. The molecule has 0 amide bonds. The van der Waals surface area contributed by atoms with Gasteiger partial charge in [0, 0.05) is 22.1 Å². The van der Waals surface area contributed by atoms with Gasteiger partial charge < -0.3 is 15.0 Å². The highest BCUT2D eigenvalue weighted by molar-refractivity contribution is 9.10. The number of carbonyl (C=O) groups excluding carboxylic acids is 1. The summed E-state index contributed by atoms with van der Waals surface area (Å²) in [7, 11) is 1.34. The molecule has 5 nitrogen and oxygen atoms in total. The molecule has 0 fully saturated rings. The van der Waals surface area contributed by atoms with E-state index in [1.165, 1.54) is 7.11 Å². The normalized spacial score (nSPS) is 16.6. The third-order valence-electron chi connectivity index (χ3n) is 3.92. The fraction of sp³-hybridized carbons (Fsp3) is 0.176. The van der Waals surface area contributed by atoms with E-state index in [-0.39, 0.29) is 5.56 Å². The number of aromatic nitrogens is 1. The average molecular weight is 375 g/mol. The van der Waals surface area contributed by atoms with Crippen molar-refractivity contribution in [2.24, 2.45) is 0 Å². The molecule has 1 atom stereocenters. The Morgan fingerprint density at radius 3 is 2.70 bits per heavy atom. The molecular formula is C17H15BrN2O3. The summed E-state index contributed by atoms with van der Waals surface area (Å²) in [6, 6.07) is 9.34. The summed E-state index contributed by atoms with van der Waals surface area (Å²) in [6.45, 7) is 1.81. The van der Waals surface area contributed by atoms with Crippen molar-refractivity contribution in [3.63, 3.8) is 0 Å². The number of benzene rings is 1. The molecular weight excluding hydrogens is 360 g/mol. The molecule has 0 saturated carbocycles. The second-order valence-electron chi connectivity index (χ2n) is 5.24. The van der Waals surface area contributed by atoms with E-state index in [9.17, 15) is 9.59 Å². The van der Waals surface area contributed by atoms with Gasteiger partial charge in [0.2, 0.25) is 0 Å². The highest BCUT2D eigenvalue weighted by Gasteiger charge is 2.35. The third kappa shape index (κ3) is 2.59. The molecule has 0 spiro atoms. The summed E-state index contributed by atoms with van der Waals surface area (Å²) in [4.78, 5) is 27.5. The lowest BCUT2D eigenvalue weighted by Gasteiger charge is -2.29. The minimum absolute atomic E-state index is 0.232. The van der Waals surface area contributed by atoms with Gasteiger partial charge in [0.25, 0.3) is 5.56 Å². The van der Waals surface area contributed by atoms with Gasteiger partial charge in [-0.15, -0.1) is 0 Å². The van der Waals surface area contributed by atoms with Crippen LogP contribution in [-0.4, -0.2) is 18.1 Å². The third-order valence-corrected chi connectivity index (χ3v) is 4.65. The maximum Gasteiger partial charge on any atom is 0.336 e. The number of pyridine rings is 1. The Balaban J connectivity index is 2.33. The van der Waals surface area contributed by atoms with Crippen molar-refractivity contribution >= 4 is 27.6 Å². The minimum atomic E-state index is -0.501. The Labute approximate surface area is 141 Å². The number of aromatic amines is 1. The summed E-state index contributed by atoms with van der Waals surface area (Å²) in [6.07, 6.45) is 1.59. The Bertz CT molecular complexity index is 870. The van der Waals surface area contributed by atoms with Crippen molar-refractivity contribution in [2.75, 3.05) is 12.4 Å². The lowest BCUT2D eigenvalue weighted by atomic mass is 9.81. The Kier molecular flexibility index (Phi) is 4.09. The highest BCUT2D eigenvalue weighted by Crippen LogP contribution is 2.42. The van der Waals surface area contributed by atoms with Gasteiger partial charge >= 0.3 is 5.97 Å². The van der Waals surface area contributed by atoms with Crippen LogP contribution in [0.25, 0.3) is 0 Å². The Hall–Kier alpha value is -2.34. The van der Waals surface area contributed by atoms with Crippen molar-refractivity contribution in [2.45, 2.75) is 12.8 Å². The van der Waals surface area contributed by atoms with Crippen LogP contribution in [0.1, 0.15) is 24.0 Å². The topological polar surface area (TPSA) is 71.2 Å². The molecule has 1 aliphatic rings. The van der Waals surface area contributed by atoms with Gasteiger partial charge in [0.05, 0.1) is 24.2 Å². The molecule has 0 saturated heterocycles. The number of hydrogen-bond donors (Lipinski definition) is 2. The lowest BCUT2D eigenvalue weighted by Crippen LogP contribution is -2.29. The summed E-state index contributed by atoms with van der Waals surface area (Å²) in [5.74, 6) is -0.955.